The number of benzene rings is 2. The van der Waals surface area contributed by atoms with Gasteiger partial charge in [-0.3, -0.25) is 14.0 Å². The Kier molecular flexibility index (Phi) is 5.57. The maximum absolute atomic E-state index is 13.0. The minimum atomic E-state index is -4.41. The molecule has 1 aliphatic heterocycles. The summed E-state index contributed by atoms with van der Waals surface area (Å²) in [7, 11) is 3.39. The quantitative estimate of drug-likeness (QED) is 0.486. The fourth-order valence-electron chi connectivity index (χ4n) is 4.48. The molecule has 2 aromatic carbocycles. The van der Waals surface area contributed by atoms with E-state index in [1.807, 2.05) is 6.20 Å². The molecule has 1 saturated heterocycles. The molecule has 3 heterocycles. The Bertz CT molecular complexity index is 1360. The summed E-state index contributed by atoms with van der Waals surface area (Å²) >= 11 is 0. The Morgan fingerprint density at radius 2 is 1.94 bits per heavy atom. The van der Waals surface area contributed by atoms with Gasteiger partial charge in [0, 0.05) is 49.0 Å². The van der Waals surface area contributed by atoms with Crippen LogP contribution in [0.4, 0.5) is 13.2 Å². The third-order valence-corrected chi connectivity index (χ3v) is 6.18. The summed E-state index contributed by atoms with van der Waals surface area (Å²) < 4.78 is 53.5. The Labute approximate surface area is 193 Å². The fourth-order valence-corrected chi connectivity index (χ4v) is 4.48. The highest BCUT2D eigenvalue weighted by atomic mass is 19.4. The number of ether oxygens (including phenoxy) is 2. The first-order chi connectivity index (χ1) is 16.3. The van der Waals surface area contributed by atoms with Gasteiger partial charge in [0.15, 0.2) is 5.65 Å². The van der Waals surface area contributed by atoms with Gasteiger partial charge < -0.3 is 14.8 Å². The molecule has 0 spiro atoms. The third kappa shape index (κ3) is 3.92. The van der Waals surface area contributed by atoms with Crippen LogP contribution >= 0.6 is 0 Å². The number of halogens is 3. The van der Waals surface area contributed by atoms with Crippen LogP contribution in [0.1, 0.15) is 22.3 Å². The molecule has 0 unspecified atom stereocenters. The number of hydrogen-bond acceptors (Lipinski definition) is 4. The van der Waals surface area contributed by atoms with Gasteiger partial charge in [0.05, 0.1) is 29.8 Å². The second-order valence-electron chi connectivity index (χ2n) is 8.37. The number of carbonyl (C=O) groups is 1. The van der Waals surface area contributed by atoms with Gasteiger partial charge >= 0.3 is 6.18 Å². The molecule has 0 radical (unpaired) electrons. The standard InChI is InChI=1S/C24H23F3N4O3/c1-30-12-18-17-11-14(23(32)28-19-13-34-10-9-21(19)33-2)3-8-20(17)31(22(18)29-30)16-6-4-15(5-7-16)24(25,26)27/h3-8,11-12,19,21H,9-10,13H2,1-2H3,(H,28,32)/t19-,21-/m1/s1. The van der Waals surface area contributed by atoms with Crippen LogP contribution in [0.2, 0.25) is 0 Å². The Morgan fingerprint density at radius 1 is 1.18 bits per heavy atom. The summed E-state index contributed by atoms with van der Waals surface area (Å²) in [5, 5.41) is 9.07. The number of hydrogen-bond donors (Lipinski definition) is 1. The second kappa shape index (κ2) is 8.44. The van der Waals surface area contributed by atoms with Crippen molar-refractivity contribution in [3.63, 3.8) is 0 Å². The number of methoxy groups -OCH3 is 1. The predicted octanol–water partition coefficient (Wildman–Crippen LogP) is 4.07. The molecular weight excluding hydrogens is 449 g/mol. The van der Waals surface area contributed by atoms with Crippen molar-refractivity contribution in [2.45, 2.75) is 24.7 Å². The van der Waals surface area contributed by atoms with E-state index in [9.17, 15) is 18.0 Å². The normalized spacial score (nSPS) is 19.1. The number of nitrogens with one attached hydrogen (secondary N) is 1. The molecule has 1 amide bonds. The first-order valence-corrected chi connectivity index (χ1v) is 10.8. The predicted molar refractivity (Wildman–Crippen MR) is 120 cm³/mol. The van der Waals surface area contributed by atoms with Crippen LogP contribution in [0.3, 0.4) is 0 Å². The number of aryl methyl sites for hydroxylation is 1. The zero-order chi connectivity index (χ0) is 24.0. The van der Waals surface area contributed by atoms with Crippen molar-refractivity contribution >= 4 is 27.8 Å². The van der Waals surface area contributed by atoms with E-state index in [4.69, 9.17) is 9.47 Å². The minimum absolute atomic E-state index is 0.118. The van der Waals surface area contributed by atoms with Gasteiger partial charge in [-0.25, -0.2) is 0 Å². The molecule has 0 aliphatic carbocycles. The highest BCUT2D eigenvalue weighted by Gasteiger charge is 2.30. The van der Waals surface area contributed by atoms with E-state index in [1.165, 1.54) is 12.1 Å². The lowest BCUT2D eigenvalue weighted by Crippen LogP contribution is -2.50. The summed E-state index contributed by atoms with van der Waals surface area (Å²) in [6, 6.07) is 9.96. The number of amides is 1. The Balaban J connectivity index is 1.54. The summed E-state index contributed by atoms with van der Waals surface area (Å²) in [5.74, 6) is -0.251. The van der Waals surface area contributed by atoms with Gasteiger partial charge in [-0.05, 0) is 48.9 Å². The zero-order valence-electron chi connectivity index (χ0n) is 18.6. The maximum Gasteiger partial charge on any atom is 0.416 e. The van der Waals surface area contributed by atoms with Gasteiger partial charge in [0.2, 0.25) is 0 Å². The van der Waals surface area contributed by atoms with Crippen LogP contribution in [0, 0.1) is 0 Å². The number of carbonyl (C=O) groups excluding carboxylic acids is 1. The molecule has 10 heteroatoms. The van der Waals surface area contributed by atoms with Crippen molar-refractivity contribution < 1.29 is 27.4 Å². The summed E-state index contributed by atoms with van der Waals surface area (Å²) in [6.45, 7) is 0.969. The van der Waals surface area contributed by atoms with E-state index >= 15 is 0 Å². The maximum atomic E-state index is 13.0. The molecule has 5 rings (SSSR count). The largest absolute Gasteiger partial charge is 0.416 e. The number of rotatable bonds is 4. The van der Waals surface area contributed by atoms with Crippen molar-refractivity contribution in [3.05, 3.63) is 59.8 Å². The molecule has 178 valence electrons. The molecule has 0 saturated carbocycles. The van der Waals surface area contributed by atoms with Gasteiger partial charge in [0.1, 0.15) is 0 Å². The molecule has 1 fully saturated rings. The monoisotopic (exact) mass is 472 g/mol. The van der Waals surface area contributed by atoms with Gasteiger partial charge in [-0.15, -0.1) is 0 Å². The van der Waals surface area contributed by atoms with Crippen LogP contribution in [-0.4, -0.2) is 52.7 Å². The number of alkyl halides is 3. The Hall–Kier alpha value is -3.37. The molecule has 4 aromatic rings. The molecule has 7 nitrogen and oxygen atoms in total. The number of aromatic nitrogens is 3. The van der Waals surface area contributed by atoms with Crippen LogP contribution < -0.4 is 5.32 Å². The fraction of sp³-hybridized carbons (Fsp3) is 0.333. The molecule has 2 atom stereocenters. The highest BCUT2D eigenvalue weighted by molar-refractivity contribution is 6.10. The number of fused-ring (bicyclic) bond motifs is 3. The van der Waals surface area contributed by atoms with E-state index < -0.39 is 11.7 Å². The minimum Gasteiger partial charge on any atom is -0.379 e. The third-order valence-electron chi connectivity index (χ3n) is 6.18. The summed E-state index contributed by atoms with van der Waals surface area (Å²) in [6.07, 6.45) is -2.00. The average molecular weight is 472 g/mol. The van der Waals surface area contributed by atoms with Gasteiger partial charge in [0.25, 0.3) is 5.91 Å². The first kappa shape index (κ1) is 22.4. The van der Waals surface area contributed by atoms with Crippen molar-refractivity contribution in [2.75, 3.05) is 20.3 Å². The SMILES string of the molecule is CO[C@@H]1CCOC[C@H]1NC(=O)c1ccc2c(c1)c1cn(C)nc1n2-c1ccc(C(F)(F)F)cc1. The van der Waals surface area contributed by atoms with Crippen molar-refractivity contribution in [3.8, 4) is 5.69 Å². The lowest BCUT2D eigenvalue weighted by Gasteiger charge is -2.31. The molecule has 34 heavy (non-hydrogen) atoms. The molecule has 1 aliphatic rings. The van der Waals surface area contributed by atoms with Crippen LogP contribution in [0.25, 0.3) is 27.6 Å². The summed E-state index contributed by atoms with van der Waals surface area (Å²) in [5.41, 5.74) is 1.62. The van der Waals surface area contributed by atoms with Crippen molar-refractivity contribution in [2.24, 2.45) is 7.05 Å². The lowest BCUT2D eigenvalue weighted by molar-refractivity contribution is -0.137. The van der Waals surface area contributed by atoms with Gasteiger partial charge in [-0.1, -0.05) is 0 Å². The van der Waals surface area contributed by atoms with E-state index in [-0.39, 0.29) is 18.1 Å². The zero-order valence-corrected chi connectivity index (χ0v) is 18.6. The van der Waals surface area contributed by atoms with Gasteiger partial charge in [-0.2, -0.15) is 18.3 Å². The molecule has 1 N–H and O–H groups in total. The Morgan fingerprint density at radius 3 is 2.65 bits per heavy atom. The first-order valence-electron chi connectivity index (χ1n) is 10.8. The second-order valence-corrected chi connectivity index (χ2v) is 8.37. The van der Waals surface area contributed by atoms with E-state index in [1.54, 1.807) is 41.6 Å². The molecule has 2 aromatic heterocycles. The number of nitrogens with zero attached hydrogens (tertiary/aromatic N) is 3. The molecule has 0 bridgehead atoms. The topological polar surface area (TPSA) is 70.3 Å². The average Bonchev–Trinajstić information content (AvgIpc) is 3.33. The molecular formula is C24H23F3N4O3. The van der Waals surface area contributed by atoms with Crippen molar-refractivity contribution in [1.29, 1.82) is 0 Å². The summed E-state index contributed by atoms with van der Waals surface area (Å²) in [4.78, 5) is 13.0. The highest BCUT2D eigenvalue weighted by Crippen LogP contribution is 2.34. The van der Waals surface area contributed by atoms with Crippen LogP contribution in [-0.2, 0) is 22.7 Å². The van der Waals surface area contributed by atoms with Crippen molar-refractivity contribution in [1.82, 2.24) is 19.7 Å². The lowest BCUT2D eigenvalue weighted by atomic mass is 10.1. The van der Waals surface area contributed by atoms with E-state index in [0.29, 0.717) is 36.5 Å². The van der Waals surface area contributed by atoms with E-state index in [0.717, 1.165) is 28.4 Å². The van der Waals surface area contributed by atoms with Crippen LogP contribution in [0.15, 0.2) is 48.7 Å². The van der Waals surface area contributed by atoms with E-state index in [2.05, 4.69) is 10.4 Å². The van der Waals surface area contributed by atoms with Crippen LogP contribution in [0.5, 0.6) is 0 Å². The smallest absolute Gasteiger partial charge is 0.379 e.